The first-order chi connectivity index (χ1) is 9.36. The largest absolute Gasteiger partial charge is 0.474 e. The zero-order valence-electron chi connectivity index (χ0n) is 12.5. The Kier molecular flexibility index (Phi) is 3.84. The van der Waals surface area contributed by atoms with Crippen molar-refractivity contribution in [1.82, 2.24) is 0 Å². The summed E-state index contributed by atoms with van der Waals surface area (Å²) in [6.45, 7) is 7.72. The first-order valence-corrected chi connectivity index (χ1v) is 6.88. The van der Waals surface area contributed by atoms with Crippen molar-refractivity contribution in [2.75, 3.05) is 6.61 Å². The van der Waals surface area contributed by atoms with Gasteiger partial charge in [0.2, 0.25) is 5.90 Å². The first kappa shape index (κ1) is 14.6. The fourth-order valence-corrected chi connectivity index (χ4v) is 1.98. The summed E-state index contributed by atoms with van der Waals surface area (Å²) in [5, 5.41) is 0. The molecule has 0 N–H and O–H groups in total. The Balaban J connectivity index is 2.26. The second kappa shape index (κ2) is 5.27. The second-order valence-corrected chi connectivity index (χ2v) is 5.96. The fraction of sp³-hybridized carbons (Fsp3) is 0.500. The van der Waals surface area contributed by atoms with Crippen molar-refractivity contribution in [2.24, 2.45) is 4.99 Å². The molecule has 0 amide bonds. The van der Waals surface area contributed by atoms with Crippen LogP contribution in [0, 0.1) is 0 Å². The van der Waals surface area contributed by atoms with Crippen LogP contribution < -0.4 is 0 Å². The van der Waals surface area contributed by atoms with Gasteiger partial charge in [0.15, 0.2) is 5.54 Å². The highest BCUT2D eigenvalue weighted by Crippen LogP contribution is 2.28. The van der Waals surface area contributed by atoms with Gasteiger partial charge < -0.3 is 9.47 Å². The summed E-state index contributed by atoms with van der Waals surface area (Å²) in [7, 11) is 0. The SMILES string of the molecule is CC[C@@]1(C(=O)OC(C)(C)C)COC(c2ccccc2)=N1. The molecule has 1 aliphatic heterocycles. The van der Waals surface area contributed by atoms with Gasteiger partial charge in [-0.3, -0.25) is 0 Å². The van der Waals surface area contributed by atoms with Crippen molar-refractivity contribution in [3.8, 4) is 0 Å². The Morgan fingerprint density at radius 1 is 1.35 bits per heavy atom. The van der Waals surface area contributed by atoms with E-state index in [1.165, 1.54) is 0 Å². The molecule has 0 aliphatic carbocycles. The van der Waals surface area contributed by atoms with E-state index in [4.69, 9.17) is 9.47 Å². The number of ether oxygens (including phenoxy) is 2. The van der Waals surface area contributed by atoms with Gasteiger partial charge in [0.1, 0.15) is 12.2 Å². The van der Waals surface area contributed by atoms with Crippen LogP contribution in [0.4, 0.5) is 0 Å². The van der Waals surface area contributed by atoms with Crippen molar-refractivity contribution in [1.29, 1.82) is 0 Å². The molecule has 0 unspecified atom stereocenters. The molecule has 0 aromatic heterocycles. The zero-order chi connectivity index (χ0) is 14.8. The minimum absolute atomic E-state index is 0.239. The van der Waals surface area contributed by atoms with E-state index in [-0.39, 0.29) is 12.6 Å². The van der Waals surface area contributed by atoms with Crippen molar-refractivity contribution in [2.45, 2.75) is 45.3 Å². The van der Waals surface area contributed by atoms with E-state index in [1.54, 1.807) is 0 Å². The smallest absolute Gasteiger partial charge is 0.338 e. The topological polar surface area (TPSA) is 47.9 Å². The highest BCUT2D eigenvalue weighted by Gasteiger charge is 2.45. The standard InChI is InChI=1S/C16H21NO3/c1-5-16(14(18)20-15(2,3)4)11-19-13(17-16)12-9-7-6-8-10-12/h6-10H,5,11H2,1-4H3/t16-/m0/s1. The van der Waals surface area contributed by atoms with Gasteiger partial charge >= 0.3 is 5.97 Å². The Morgan fingerprint density at radius 2 is 2.00 bits per heavy atom. The Bertz CT molecular complexity index is 516. The molecule has 2 rings (SSSR count). The lowest BCUT2D eigenvalue weighted by Crippen LogP contribution is -2.42. The maximum atomic E-state index is 12.4. The fourth-order valence-electron chi connectivity index (χ4n) is 1.98. The lowest BCUT2D eigenvalue weighted by molar-refractivity contribution is -0.162. The lowest BCUT2D eigenvalue weighted by Gasteiger charge is -2.26. The number of esters is 1. The average molecular weight is 275 g/mol. The third kappa shape index (κ3) is 3.00. The zero-order valence-corrected chi connectivity index (χ0v) is 12.5. The molecule has 4 heteroatoms. The normalized spacial score (nSPS) is 22.1. The monoisotopic (exact) mass is 275 g/mol. The molecule has 0 saturated carbocycles. The number of hydrogen-bond donors (Lipinski definition) is 0. The van der Waals surface area contributed by atoms with Gasteiger partial charge in [-0.25, -0.2) is 9.79 Å². The summed E-state index contributed by atoms with van der Waals surface area (Å²) < 4.78 is 11.1. The highest BCUT2D eigenvalue weighted by molar-refractivity contribution is 5.99. The van der Waals surface area contributed by atoms with Crippen LogP contribution in [0.3, 0.4) is 0 Å². The number of benzene rings is 1. The van der Waals surface area contributed by atoms with Crippen LogP contribution in [0.1, 0.15) is 39.7 Å². The Labute approximate surface area is 119 Å². The molecule has 0 radical (unpaired) electrons. The average Bonchev–Trinajstić information content (AvgIpc) is 2.83. The molecule has 4 nitrogen and oxygen atoms in total. The Morgan fingerprint density at radius 3 is 2.55 bits per heavy atom. The Hall–Kier alpha value is -1.84. The van der Waals surface area contributed by atoms with E-state index in [1.807, 2.05) is 58.0 Å². The number of rotatable bonds is 3. The van der Waals surface area contributed by atoms with Gasteiger partial charge in [0, 0.05) is 5.56 Å². The molecule has 0 fully saturated rings. The van der Waals surface area contributed by atoms with Crippen LogP contribution in [-0.2, 0) is 14.3 Å². The van der Waals surface area contributed by atoms with Gasteiger partial charge in [0.25, 0.3) is 0 Å². The van der Waals surface area contributed by atoms with Crippen LogP contribution in [0.2, 0.25) is 0 Å². The highest BCUT2D eigenvalue weighted by atomic mass is 16.6. The summed E-state index contributed by atoms with van der Waals surface area (Å²) in [6.07, 6.45) is 0.554. The molecular weight excluding hydrogens is 254 g/mol. The molecule has 20 heavy (non-hydrogen) atoms. The molecule has 1 atom stereocenters. The molecule has 1 heterocycles. The van der Waals surface area contributed by atoms with Gasteiger partial charge in [-0.1, -0.05) is 25.1 Å². The third-order valence-electron chi connectivity index (χ3n) is 3.15. The van der Waals surface area contributed by atoms with Crippen molar-refractivity contribution < 1.29 is 14.3 Å². The number of nitrogens with zero attached hydrogens (tertiary/aromatic N) is 1. The summed E-state index contributed by atoms with van der Waals surface area (Å²) in [5.74, 6) is 0.191. The predicted octanol–water partition coefficient (Wildman–Crippen LogP) is 2.95. The third-order valence-corrected chi connectivity index (χ3v) is 3.15. The van der Waals surface area contributed by atoms with Crippen molar-refractivity contribution in [3.05, 3.63) is 35.9 Å². The number of hydrogen-bond acceptors (Lipinski definition) is 4. The van der Waals surface area contributed by atoms with E-state index < -0.39 is 11.1 Å². The van der Waals surface area contributed by atoms with Gasteiger partial charge in [-0.2, -0.15) is 0 Å². The van der Waals surface area contributed by atoms with Crippen LogP contribution in [0.15, 0.2) is 35.3 Å². The summed E-state index contributed by atoms with van der Waals surface area (Å²) in [5.41, 5.74) is -0.561. The van der Waals surface area contributed by atoms with E-state index >= 15 is 0 Å². The molecule has 0 bridgehead atoms. The molecule has 1 aromatic rings. The van der Waals surface area contributed by atoms with E-state index in [0.717, 1.165) is 5.56 Å². The van der Waals surface area contributed by atoms with E-state index in [0.29, 0.717) is 12.3 Å². The van der Waals surface area contributed by atoms with Crippen LogP contribution in [0.5, 0.6) is 0 Å². The van der Waals surface area contributed by atoms with Gasteiger partial charge in [-0.05, 0) is 39.3 Å². The van der Waals surface area contributed by atoms with Crippen molar-refractivity contribution >= 4 is 11.9 Å². The molecule has 1 aliphatic rings. The summed E-state index contributed by atoms with van der Waals surface area (Å²) >= 11 is 0. The molecule has 0 saturated heterocycles. The first-order valence-electron chi connectivity index (χ1n) is 6.88. The maximum Gasteiger partial charge on any atom is 0.338 e. The summed E-state index contributed by atoms with van der Waals surface area (Å²) in [4.78, 5) is 16.9. The van der Waals surface area contributed by atoms with Crippen molar-refractivity contribution in [3.63, 3.8) is 0 Å². The minimum Gasteiger partial charge on any atom is -0.474 e. The molecular formula is C16H21NO3. The molecule has 108 valence electrons. The number of aliphatic imine (C=N–C) groups is 1. The lowest BCUT2D eigenvalue weighted by atomic mass is 9.98. The van der Waals surface area contributed by atoms with Gasteiger partial charge in [-0.15, -0.1) is 0 Å². The number of carbonyl (C=O) groups is 1. The van der Waals surface area contributed by atoms with Crippen LogP contribution in [-0.4, -0.2) is 29.6 Å². The molecule has 1 aromatic carbocycles. The second-order valence-electron chi connectivity index (χ2n) is 5.96. The number of carbonyl (C=O) groups excluding carboxylic acids is 1. The van der Waals surface area contributed by atoms with Crippen LogP contribution in [0.25, 0.3) is 0 Å². The van der Waals surface area contributed by atoms with Crippen LogP contribution >= 0.6 is 0 Å². The van der Waals surface area contributed by atoms with E-state index in [2.05, 4.69) is 4.99 Å². The minimum atomic E-state index is -0.918. The van der Waals surface area contributed by atoms with Gasteiger partial charge in [0.05, 0.1) is 0 Å². The maximum absolute atomic E-state index is 12.4. The molecule has 0 spiro atoms. The predicted molar refractivity (Wildman–Crippen MR) is 77.8 cm³/mol. The van der Waals surface area contributed by atoms with E-state index in [9.17, 15) is 4.79 Å². The summed E-state index contributed by atoms with van der Waals surface area (Å²) in [6, 6.07) is 9.60. The quantitative estimate of drug-likeness (QED) is 0.797.